The molecule has 148 valence electrons. The van der Waals surface area contributed by atoms with Gasteiger partial charge in [-0.25, -0.2) is 9.37 Å². The van der Waals surface area contributed by atoms with E-state index in [9.17, 15) is 9.18 Å². The molecule has 5 rings (SSSR count). The van der Waals surface area contributed by atoms with Gasteiger partial charge in [-0.1, -0.05) is 25.0 Å². The van der Waals surface area contributed by atoms with E-state index in [0.29, 0.717) is 18.2 Å². The van der Waals surface area contributed by atoms with Crippen molar-refractivity contribution >= 4 is 28.1 Å². The van der Waals surface area contributed by atoms with Crippen LogP contribution in [0.5, 0.6) is 0 Å². The fraction of sp³-hybridized carbons (Fsp3) is 0.304. The Balaban J connectivity index is 1.35. The number of carbonyl (C=O) groups is 1. The lowest BCUT2D eigenvalue weighted by atomic mass is 10.1. The zero-order valence-electron chi connectivity index (χ0n) is 16.0. The van der Waals surface area contributed by atoms with Crippen LogP contribution >= 0.6 is 11.3 Å². The molecule has 1 aliphatic heterocycles. The monoisotopic (exact) mass is 407 g/mol. The number of thiazole rings is 1. The van der Waals surface area contributed by atoms with Gasteiger partial charge in [-0.2, -0.15) is 0 Å². The summed E-state index contributed by atoms with van der Waals surface area (Å²) in [5.41, 5.74) is 4.45. The fourth-order valence-electron chi connectivity index (χ4n) is 4.27. The number of fused-ring (bicyclic) bond motifs is 1. The van der Waals surface area contributed by atoms with Gasteiger partial charge in [0.1, 0.15) is 5.82 Å². The summed E-state index contributed by atoms with van der Waals surface area (Å²) >= 11 is 1.65. The van der Waals surface area contributed by atoms with Crippen molar-refractivity contribution < 1.29 is 9.18 Å². The Morgan fingerprint density at radius 2 is 2.03 bits per heavy atom. The normalized spacial score (nSPS) is 16.2. The van der Waals surface area contributed by atoms with Gasteiger partial charge in [0.2, 0.25) is 0 Å². The molecule has 0 saturated heterocycles. The quantitative estimate of drug-likeness (QED) is 0.621. The second-order valence-electron chi connectivity index (χ2n) is 7.72. The molecule has 0 unspecified atom stereocenters. The fourth-order valence-corrected chi connectivity index (χ4v) is 5.06. The molecular weight excluding hydrogens is 385 g/mol. The third-order valence-corrected chi connectivity index (χ3v) is 6.55. The van der Waals surface area contributed by atoms with Gasteiger partial charge < -0.3 is 10.2 Å². The van der Waals surface area contributed by atoms with E-state index in [1.807, 2.05) is 12.1 Å². The Kier molecular flexibility index (Phi) is 4.79. The van der Waals surface area contributed by atoms with E-state index < -0.39 is 5.82 Å². The van der Waals surface area contributed by atoms with Crippen molar-refractivity contribution in [2.24, 2.45) is 0 Å². The minimum absolute atomic E-state index is 0.160. The van der Waals surface area contributed by atoms with Crippen molar-refractivity contribution in [2.75, 3.05) is 16.8 Å². The number of benzene rings is 2. The lowest BCUT2D eigenvalue weighted by Gasteiger charge is -2.17. The number of nitrogens with one attached hydrogen (secondary N) is 1. The van der Waals surface area contributed by atoms with E-state index in [1.165, 1.54) is 37.8 Å². The molecule has 3 aromatic rings. The van der Waals surface area contributed by atoms with Gasteiger partial charge in [0.15, 0.2) is 5.13 Å². The smallest absolute Gasteiger partial charge is 0.258 e. The first-order valence-electron chi connectivity index (χ1n) is 10.1. The van der Waals surface area contributed by atoms with Crippen molar-refractivity contribution in [3.63, 3.8) is 0 Å². The molecule has 4 nitrogen and oxygen atoms in total. The third kappa shape index (κ3) is 3.65. The summed E-state index contributed by atoms with van der Waals surface area (Å²) in [4.78, 5) is 19.3. The Labute approximate surface area is 173 Å². The minimum atomic E-state index is -0.392. The molecule has 0 radical (unpaired) electrons. The average Bonchev–Trinajstić information content (AvgIpc) is 3.48. The highest BCUT2D eigenvalue weighted by atomic mass is 32.1. The molecule has 1 amide bonds. The van der Waals surface area contributed by atoms with Crippen LogP contribution in [0.25, 0.3) is 11.3 Å². The topological polar surface area (TPSA) is 45.2 Å². The first kappa shape index (κ1) is 18.3. The van der Waals surface area contributed by atoms with E-state index in [-0.39, 0.29) is 5.91 Å². The summed E-state index contributed by atoms with van der Waals surface area (Å²) in [6.07, 6.45) is 5.84. The van der Waals surface area contributed by atoms with Gasteiger partial charge in [-0.15, -0.1) is 11.3 Å². The predicted molar refractivity (Wildman–Crippen MR) is 115 cm³/mol. The molecule has 1 N–H and O–H groups in total. The number of nitrogens with zero attached hydrogens (tertiary/aromatic N) is 2. The molecule has 6 heteroatoms. The van der Waals surface area contributed by atoms with Crippen LogP contribution in [0.4, 0.5) is 15.2 Å². The average molecular weight is 408 g/mol. The SMILES string of the molecule is O=C(c1cccc(F)c1)N1CCc2cc(-c3csc(NC4CCCC4)n3)ccc21. The van der Waals surface area contributed by atoms with E-state index in [4.69, 9.17) is 4.98 Å². The summed E-state index contributed by atoms with van der Waals surface area (Å²) in [7, 11) is 0. The maximum Gasteiger partial charge on any atom is 0.258 e. The van der Waals surface area contributed by atoms with Crippen LogP contribution in [0.1, 0.15) is 41.6 Å². The van der Waals surface area contributed by atoms with Crippen molar-refractivity contribution in [1.82, 2.24) is 4.98 Å². The highest BCUT2D eigenvalue weighted by molar-refractivity contribution is 7.14. The molecule has 2 heterocycles. The van der Waals surface area contributed by atoms with Gasteiger partial charge in [0.25, 0.3) is 5.91 Å². The zero-order chi connectivity index (χ0) is 19.8. The Hall–Kier alpha value is -2.73. The number of rotatable bonds is 4. The van der Waals surface area contributed by atoms with Crippen molar-refractivity contribution in [2.45, 2.75) is 38.1 Å². The standard InChI is InChI=1S/C23H22FN3OS/c24-18-5-3-4-17(13-18)22(28)27-11-10-16-12-15(8-9-21(16)27)20-14-29-23(26-20)25-19-6-1-2-7-19/h3-5,8-9,12-14,19H,1-2,6-7,10-11H2,(H,25,26). The first-order chi connectivity index (χ1) is 14.2. The molecule has 29 heavy (non-hydrogen) atoms. The van der Waals surface area contributed by atoms with Gasteiger partial charge in [-0.3, -0.25) is 4.79 Å². The van der Waals surface area contributed by atoms with Crippen molar-refractivity contribution in [3.8, 4) is 11.3 Å². The lowest BCUT2D eigenvalue weighted by Crippen LogP contribution is -2.28. The number of halogens is 1. The summed E-state index contributed by atoms with van der Waals surface area (Å²) < 4.78 is 13.5. The van der Waals surface area contributed by atoms with Crippen LogP contribution in [0, 0.1) is 5.82 Å². The Morgan fingerprint density at radius 1 is 1.17 bits per heavy atom. The molecular formula is C23H22FN3OS. The number of carbonyl (C=O) groups excluding carboxylic acids is 1. The summed E-state index contributed by atoms with van der Waals surface area (Å²) in [6.45, 7) is 0.611. The van der Waals surface area contributed by atoms with Crippen LogP contribution in [-0.2, 0) is 6.42 Å². The van der Waals surface area contributed by atoms with E-state index >= 15 is 0 Å². The summed E-state index contributed by atoms with van der Waals surface area (Å²) in [5, 5.41) is 6.62. The molecule has 1 fully saturated rings. The first-order valence-corrected chi connectivity index (χ1v) is 11.0. The van der Waals surface area contributed by atoms with Gasteiger partial charge >= 0.3 is 0 Å². The van der Waals surface area contributed by atoms with Crippen LogP contribution in [-0.4, -0.2) is 23.5 Å². The number of aromatic nitrogens is 1. The maximum absolute atomic E-state index is 13.5. The van der Waals surface area contributed by atoms with E-state index in [1.54, 1.807) is 28.4 Å². The van der Waals surface area contributed by atoms with Crippen molar-refractivity contribution in [3.05, 3.63) is 64.8 Å². The molecule has 0 atom stereocenters. The van der Waals surface area contributed by atoms with Gasteiger partial charge in [0.05, 0.1) is 5.69 Å². The number of amides is 1. The van der Waals surface area contributed by atoms with Gasteiger partial charge in [-0.05, 0) is 55.2 Å². The van der Waals surface area contributed by atoms with Crippen LogP contribution in [0.3, 0.4) is 0 Å². The Bertz CT molecular complexity index is 1060. The van der Waals surface area contributed by atoms with E-state index in [0.717, 1.165) is 34.1 Å². The number of hydrogen-bond donors (Lipinski definition) is 1. The molecule has 1 aromatic heterocycles. The Morgan fingerprint density at radius 3 is 2.86 bits per heavy atom. The van der Waals surface area contributed by atoms with Gasteiger partial charge in [0, 0.05) is 34.8 Å². The zero-order valence-corrected chi connectivity index (χ0v) is 16.8. The summed E-state index contributed by atoms with van der Waals surface area (Å²) in [6, 6.07) is 12.6. The van der Waals surface area contributed by atoms with Crippen LogP contribution in [0.15, 0.2) is 47.8 Å². The largest absolute Gasteiger partial charge is 0.359 e. The molecule has 0 bridgehead atoms. The second kappa shape index (κ2) is 7.59. The van der Waals surface area contributed by atoms with Crippen LogP contribution < -0.4 is 10.2 Å². The predicted octanol–water partition coefficient (Wildman–Crippen LogP) is 5.51. The molecule has 2 aromatic carbocycles. The second-order valence-corrected chi connectivity index (χ2v) is 8.58. The minimum Gasteiger partial charge on any atom is -0.359 e. The van der Waals surface area contributed by atoms with Crippen molar-refractivity contribution in [1.29, 1.82) is 0 Å². The number of anilines is 2. The van der Waals surface area contributed by atoms with E-state index in [2.05, 4.69) is 16.8 Å². The molecule has 2 aliphatic rings. The molecule has 1 aliphatic carbocycles. The summed E-state index contributed by atoms with van der Waals surface area (Å²) in [5.74, 6) is -0.552. The maximum atomic E-state index is 13.5. The highest BCUT2D eigenvalue weighted by Gasteiger charge is 2.26. The highest BCUT2D eigenvalue weighted by Crippen LogP contribution is 2.35. The molecule has 0 spiro atoms. The lowest BCUT2D eigenvalue weighted by molar-refractivity contribution is 0.0989. The molecule has 1 saturated carbocycles. The third-order valence-electron chi connectivity index (χ3n) is 5.77. The number of hydrogen-bond acceptors (Lipinski definition) is 4. The van der Waals surface area contributed by atoms with Crippen LogP contribution in [0.2, 0.25) is 0 Å².